The molecule has 14 heavy (non-hydrogen) atoms. The number of nitrogens with one attached hydrogen (secondary N) is 1. The molecule has 1 rings (SSSR count). The van der Waals surface area contributed by atoms with Crippen molar-refractivity contribution >= 4 is 5.97 Å². The van der Waals surface area contributed by atoms with Crippen molar-refractivity contribution in [1.82, 2.24) is 10.4 Å². The maximum absolute atomic E-state index is 11.3. The van der Waals surface area contributed by atoms with E-state index in [-0.39, 0.29) is 12.0 Å². The van der Waals surface area contributed by atoms with Crippen molar-refractivity contribution in [2.75, 3.05) is 33.4 Å². The summed E-state index contributed by atoms with van der Waals surface area (Å²) in [7, 11) is 1.41. The van der Waals surface area contributed by atoms with Gasteiger partial charge in [0.05, 0.1) is 20.3 Å². The van der Waals surface area contributed by atoms with Crippen LogP contribution < -0.4 is 5.43 Å². The Morgan fingerprint density at radius 2 is 2.21 bits per heavy atom. The minimum absolute atomic E-state index is 0.209. The highest BCUT2D eigenvalue weighted by Gasteiger charge is 2.20. The maximum atomic E-state index is 11.3. The van der Waals surface area contributed by atoms with Crippen molar-refractivity contribution < 1.29 is 14.3 Å². The Balaban J connectivity index is 2.34. The van der Waals surface area contributed by atoms with Gasteiger partial charge in [-0.1, -0.05) is 6.92 Å². The largest absolute Gasteiger partial charge is 0.468 e. The standard InChI is InChI=1S/C9H18N2O3/c1-3-8(9(12)13-2)10-11-4-6-14-7-5-11/h8,10H,3-7H2,1-2H3. The minimum Gasteiger partial charge on any atom is -0.468 e. The number of rotatable bonds is 4. The molecule has 1 fully saturated rings. The SMILES string of the molecule is CCC(NN1CCOCC1)C(=O)OC. The second kappa shape index (κ2) is 5.95. The fourth-order valence-electron chi connectivity index (χ4n) is 1.37. The van der Waals surface area contributed by atoms with Crippen LogP contribution in [0.1, 0.15) is 13.3 Å². The van der Waals surface area contributed by atoms with Gasteiger partial charge in [-0.05, 0) is 6.42 Å². The average molecular weight is 202 g/mol. The highest BCUT2D eigenvalue weighted by molar-refractivity contribution is 5.75. The highest BCUT2D eigenvalue weighted by Crippen LogP contribution is 1.99. The zero-order valence-corrected chi connectivity index (χ0v) is 8.78. The predicted molar refractivity (Wildman–Crippen MR) is 51.6 cm³/mol. The normalized spacial score (nSPS) is 20.4. The van der Waals surface area contributed by atoms with Crippen LogP contribution in [0, 0.1) is 0 Å². The fraction of sp³-hybridized carbons (Fsp3) is 0.889. The molecule has 0 aliphatic carbocycles. The first-order chi connectivity index (χ1) is 6.77. The molecule has 5 heteroatoms. The zero-order valence-electron chi connectivity index (χ0n) is 8.78. The number of ether oxygens (including phenoxy) is 2. The summed E-state index contributed by atoms with van der Waals surface area (Å²) in [5.41, 5.74) is 3.14. The van der Waals surface area contributed by atoms with Gasteiger partial charge in [0, 0.05) is 13.1 Å². The van der Waals surface area contributed by atoms with Crippen molar-refractivity contribution in [1.29, 1.82) is 0 Å². The van der Waals surface area contributed by atoms with Gasteiger partial charge in [0.25, 0.3) is 0 Å². The summed E-state index contributed by atoms with van der Waals surface area (Å²) in [6.07, 6.45) is 0.726. The van der Waals surface area contributed by atoms with Gasteiger partial charge in [-0.25, -0.2) is 10.4 Å². The van der Waals surface area contributed by atoms with Gasteiger partial charge in [-0.3, -0.25) is 4.79 Å². The molecule has 1 aliphatic rings. The molecular weight excluding hydrogens is 184 g/mol. The van der Waals surface area contributed by atoms with Gasteiger partial charge in [-0.2, -0.15) is 0 Å². The Morgan fingerprint density at radius 1 is 1.57 bits per heavy atom. The Kier molecular flexibility index (Phi) is 4.86. The van der Waals surface area contributed by atoms with E-state index in [2.05, 4.69) is 10.2 Å². The first kappa shape index (κ1) is 11.4. The molecule has 1 unspecified atom stereocenters. The molecule has 0 radical (unpaired) electrons. The number of nitrogens with zero attached hydrogens (tertiary/aromatic N) is 1. The van der Waals surface area contributed by atoms with E-state index in [0.717, 1.165) is 19.5 Å². The third-order valence-corrected chi connectivity index (χ3v) is 2.24. The molecule has 0 bridgehead atoms. The molecule has 82 valence electrons. The van der Waals surface area contributed by atoms with Gasteiger partial charge in [0.15, 0.2) is 0 Å². The van der Waals surface area contributed by atoms with Gasteiger partial charge >= 0.3 is 5.97 Å². The number of carbonyl (C=O) groups excluding carboxylic acids is 1. The van der Waals surface area contributed by atoms with Crippen molar-refractivity contribution in [2.45, 2.75) is 19.4 Å². The van der Waals surface area contributed by atoms with Crippen molar-refractivity contribution in [3.63, 3.8) is 0 Å². The molecule has 1 heterocycles. The van der Waals surface area contributed by atoms with Crippen LogP contribution >= 0.6 is 0 Å². The first-order valence-corrected chi connectivity index (χ1v) is 4.94. The second-order valence-electron chi connectivity index (χ2n) is 3.21. The molecule has 1 N–H and O–H groups in total. The van der Waals surface area contributed by atoms with E-state index in [0.29, 0.717) is 13.2 Å². The lowest BCUT2D eigenvalue weighted by Gasteiger charge is -2.30. The smallest absolute Gasteiger partial charge is 0.324 e. The Hall–Kier alpha value is -0.650. The number of methoxy groups -OCH3 is 1. The summed E-state index contributed by atoms with van der Waals surface area (Å²) in [6, 6.07) is -0.238. The van der Waals surface area contributed by atoms with E-state index in [4.69, 9.17) is 4.74 Å². The lowest BCUT2D eigenvalue weighted by atomic mass is 10.2. The summed E-state index contributed by atoms with van der Waals surface area (Å²) in [4.78, 5) is 11.3. The first-order valence-electron chi connectivity index (χ1n) is 4.94. The lowest BCUT2D eigenvalue weighted by molar-refractivity contribution is -0.145. The summed E-state index contributed by atoms with van der Waals surface area (Å²) in [6.45, 7) is 5.01. The molecule has 0 aromatic rings. The molecule has 1 atom stereocenters. The maximum Gasteiger partial charge on any atom is 0.324 e. The quantitative estimate of drug-likeness (QED) is 0.638. The lowest BCUT2D eigenvalue weighted by Crippen LogP contribution is -2.52. The van der Waals surface area contributed by atoms with Crippen LogP contribution in [0.3, 0.4) is 0 Å². The number of hydrazine groups is 1. The van der Waals surface area contributed by atoms with Crippen LogP contribution in [0.4, 0.5) is 0 Å². The molecule has 5 nitrogen and oxygen atoms in total. The summed E-state index contributed by atoms with van der Waals surface area (Å²) in [5.74, 6) is -0.209. The van der Waals surface area contributed by atoms with Crippen LogP contribution in [0.15, 0.2) is 0 Å². The number of morpholine rings is 1. The van der Waals surface area contributed by atoms with E-state index in [1.54, 1.807) is 0 Å². The van der Waals surface area contributed by atoms with E-state index < -0.39 is 0 Å². The Labute approximate surface area is 84.3 Å². The van der Waals surface area contributed by atoms with E-state index in [1.807, 2.05) is 11.9 Å². The van der Waals surface area contributed by atoms with E-state index >= 15 is 0 Å². The fourth-order valence-corrected chi connectivity index (χ4v) is 1.37. The molecule has 0 aromatic heterocycles. The second-order valence-corrected chi connectivity index (χ2v) is 3.21. The molecular formula is C9H18N2O3. The average Bonchev–Trinajstić information content (AvgIpc) is 2.26. The molecule has 0 aromatic carbocycles. The van der Waals surface area contributed by atoms with Crippen molar-refractivity contribution in [3.05, 3.63) is 0 Å². The zero-order chi connectivity index (χ0) is 10.4. The third-order valence-electron chi connectivity index (χ3n) is 2.24. The van der Waals surface area contributed by atoms with Crippen LogP contribution in [-0.2, 0) is 14.3 Å². The van der Waals surface area contributed by atoms with Gasteiger partial charge in [-0.15, -0.1) is 0 Å². The number of carbonyl (C=O) groups is 1. The van der Waals surface area contributed by atoms with Crippen molar-refractivity contribution in [2.24, 2.45) is 0 Å². The summed E-state index contributed by atoms with van der Waals surface area (Å²) >= 11 is 0. The van der Waals surface area contributed by atoms with Crippen LogP contribution in [-0.4, -0.2) is 50.4 Å². The van der Waals surface area contributed by atoms with E-state index in [1.165, 1.54) is 7.11 Å². The number of hydrogen-bond acceptors (Lipinski definition) is 5. The monoisotopic (exact) mass is 202 g/mol. The predicted octanol–water partition coefficient (Wildman–Crippen LogP) is -0.225. The number of hydrogen-bond donors (Lipinski definition) is 1. The third kappa shape index (κ3) is 3.25. The number of esters is 1. The van der Waals surface area contributed by atoms with Crippen LogP contribution in [0.25, 0.3) is 0 Å². The van der Waals surface area contributed by atoms with Gasteiger partial charge in [0.1, 0.15) is 6.04 Å². The van der Waals surface area contributed by atoms with Crippen LogP contribution in [0.5, 0.6) is 0 Å². The summed E-state index contributed by atoms with van der Waals surface area (Å²) < 4.78 is 9.89. The minimum atomic E-state index is -0.238. The molecule has 0 amide bonds. The molecule has 0 spiro atoms. The van der Waals surface area contributed by atoms with Gasteiger partial charge in [0.2, 0.25) is 0 Å². The molecule has 1 aliphatic heterocycles. The highest BCUT2D eigenvalue weighted by atomic mass is 16.5. The molecule has 1 saturated heterocycles. The van der Waals surface area contributed by atoms with Crippen molar-refractivity contribution in [3.8, 4) is 0 Å². The Bertz CT molecular complexity index is 181. The van der Waals surface area contributed by atoms with E-state index in [9.17, 15) is 4.79 Å². The van der Waals surface area contributed by atoms with Gasteiger partial charge < -0.3 is 9.47 Å². The summed E-state index contributed by atoms with van der Waals surface area (Å²) in [5, 5.41) is 2.01. The molecule has 0 saturated carbocycles. The topological polar surface area (TPSA) is 50.8 Å². The van der Waals surface area contributed by atoms with Crippen LogP contribution in [0.2, 0.25) is 0 Å². The Morgan fingerprint density at radius 3 is 2.71 bits per heavy atom.